The molecule has 6 aromatic carbocycles. The molecule has 0 bridgehead atoms. The summed E-state index contributed by atoms with van der Waals surface area (Å²) in [5.74, 6) is 0. The van der Waals surface area contributed by atoms with E-state index in [1.54, 1.807) is 0 Å². The molecule has 0 fully saturated rings. The van der Waals surface area contributed by atoms with Crippen LogP contribution in [0.25, 0.3) is 32.0 Å². The molecule has 0 unspecified atom stereocenters. The number of rotatable bonds is 1. The maximum absolute atomic E-state index is 2.74. The smallest absolute Gasteiger partial charge is 0.334 e. The van der Waals surface area contributed by atoms with E-state index in [1.807, 2.05) is 11.3 Å². The molecule has 11 rings (SSSR count). The fraction of sp³-hybridized carbons (Fsp3) is 0.250. The van der Waals surface area contributed by atoms with E-state index in [2.05, 4.69) is 167 Å². The van der Waals surface area contributed by atoms with E-state index in [4.69, 9.17) is 0 Å². The van der Waals surface area contributed by atoms with Gasteiger partial charge in [0.05, 0.1) is 16.4 Å². The number of hydrogen-bond acceptors (Lipinski definition) is 3. The van der Waals surface area contributed by atoms with Crippen LogP contribution in [0.5, 0.6) is 0 Å². The molecule has 3 aliphatic heterocycles. The molecule has 0 radical (unpaired) electrons. The van der Waals surface area contributed by atoms with Crippen LogP contribution in [0.2, 0.25) is 0 Å². The quantitative estimate of drug-likeness (QED) is 0.158. The number of thiophene rings is 1. The fourth-order valence-corrected chi connectivity index (χ4v) is 11.8. The number of aryl methyl sites for hydroxylation is 1. The second kappa shape index (κ2) is 9.99. The summed E-state index contributed by atoms with van der Waals surface area (Å²) in [6.07, 6.45) is 2.41. The van der Waals surface area contributed by atoms with Crippen molar-refractivity contribution in [1.82, 2.24) is 0 Å². The summed E-state index contributed by atoms with van der Waals surface area (Å²) >= 11 is 1.97. The molecule has 4 aliphatic rings. The number of fused-ring (bicyclic) bond motifs is 11. The minimum atomic E-state index is -0.128. The molecule has 4 heterocycles. The minimum Gasteiger partial charge on any atom is -0.376 e. The van der Waals surface area contributed by atoms with Crippen molar-refractivity contribution in [3.63, 3.8) is 0 Å². The second-order valence-electron chi connectivity index (χ2n) is 17.6. The van der Waals surface area contributed by atoms with Crippen molar-refractivity contribution in [3.05, 3.63) is 137 Å². The Bertz CT molecular complexity index is 2710. The number of benzene rings is 6. The lowest BCUT2D eigenvalue weighted by Gasteiger charge is -2.51. The van der Waals surface area contributed by atoms with Gasteiger partial charge in [-0.05, 0) is 110 Å². The Morgan fingerprint density at radius 3 is 2.06 bits per heavy atom. The van der Waals surface area contributed by atoms with Crippen LogP contribution in [0.4, 0.5) is 27.8 Å². The molecule has 4 heteroatoms. The Labute approximate surface area is 311 Å². The van der Waals surface area contributed by atoms with Gasteiger partial charge in [-0.1, -0.05) is 126 Å². The van der Waals surface area contributed by atoms with Gasteiger partial charge in [-0.3, -0.25) is 0 Å². The summed E-state index contributed by atoms with van der Waals surface area (Å²) < 4.78 is 1.35. The number of anilines is 5. The highest BCUT2D eigenvalue weighted by molar-refractivity contribution is 7.26. The van der Waals surface area contributed by atoms with Crippen LogP contribution in [0.3, 0.4) is 0 Å². The molecule has 0 amide bonds. The molecular weight excluding hydrogens is 647 g/mol. The van der Waals surface area contributed by atoms with Crippen molar-refractivity contribution < 1.29 is 0 Å². The van der Waals surface area contributed by atoms with E-state index in [-0.39, 0.29) is 23.1 Å². The van der Waals surface area contributed by atoms with Crippen molar-refractivity contribution in [3.8, 4) is 11.1 Å². The molecule has 0 N–H and O–H groups in total. The standard InChI is InChI=1S/C48H43BN2S/c1-28-25-36-37(47(4,5)24-23-46(36,2)3)27-39(28)50-44-30-16-9-8-15-29(30)26-33-31-18-14-20-35-43(31)51(38-21-12-11-19-34(38)48(35,6)7)49(41(33)44)42-32-17-10-13-22-40(32)52-45(42)50/h8-22,25-27H,23-24H2,1-7H3. The molecule has 0 spiro atoms. The van der Waals surface area contributed by atoms with E-state index in [1.165, 1.54) is 111 Å². The first-order valence-corrected chi connectivity index (χ1v) is 19.8. The summed E-state index contributed by atoms with van der Waals surface area (Å²) in [5, 5.41) is 5.32. The molecule has 7 aromatic rings. The summed E-state index contributed by atoms with van der Waals surface area (Å²) in [6, 6.07) is 42.2. The Morgan fingerprint density at radius 1 is 0.577 bits per heavy atom. The van der Waals surface area contributed by atoms with Gasteiger partial charge in [-0.15, -0.1) is 11.3 Å². The Balaban J connectivity index is 1.33. The monoisotopic (exact) mass is 690 g/mol. The lowest BCUT2D eigenvalue weighted by Crippen LogP contribution is -2.62. The van der Waals surface area contributed by atoms with Crippen LogP contribution in [0.1, 0.15) is 82.2 Å². The predicted octanol–water partition coefficient (Wildman–Crippen LogP) is 12.1. The minimum absolute atomic E-state index is 0.0243. The van der Waals surface area contributed by atoms with Crippen molar-refractivity contribution in [2.24, 2.45) is 0 Å². The van der Waals surface area contributed by atoms with E-state index < -0.39 is 0 Å². The summed E-state index contributed by atoms with van der Waals surface area (Å²) in [6.45, 7) is 17.0. The maximum atomic E-state index is 2.74. The van der Waals surface area contributed by atoms with Gasteiger partial charge in [0.1, 0.15) is 0 Å². The molecule has 254 valence electrons. The first-order chi connectivity index (χ1) is 25.0. The lowest BCUT2D eigenvalue weighted by molar-refractivity contribution is 0.332. The number of para-hydroxylation sites is 2. The van der Waals surface area contributed by atoms with Gasteiger partial charge < -0.3 is 9.71 Å². The van der Waals surface area contributed by atoms with E-state index in [0.29, 0.717) is 0 Å². The Hall–Kier alpha value is -4.80. The SMILES string of the molecule is Cc1cc2c(cc1N1c3sc4ccccc4c3B3c4c(cc5ccccc5c41)-c1cccc4c1N3c1ccccc1C4(C)C)C(C)(C)CCC2(C)C. The second-order valence-corrected chi connectivity index (χ2v) is 18.7. The van der Waals surface area contributed by atoms with Crippen molar-refractivity contribution in [2.75, 3.05) is 9.71 Å². The number of nitrogens with zero attached hydrogens (tertiary/aromatic N) is 2. The van der Waals surface area contributed by atoms with E-state index in [9.17, 15) is 0 Å². The first-order valence-electron chi connectivity index (χ1n) is 19.0. The van der Waals surface area contributed by atoms with Crippen molar-refractivity contribution in [1.29, 1.82) is 0 Å². The molecule has 52 heavy (non-hydrogen) atoms. The van der Waals surface area contributed by atoms with Crippen LogP contribution < -0.4 is 20.6 Å². The highest BCUT2D eigenvalue weighted by Gasteiger charge is 2.52. The van der Waals surface area contributed by atoms with Gasteiger partial charge in [0, 0.05) is 32.4 Å². The van der Waals surface area contributed by atoms with Gasteiger partial charge in [0.15, 0.2) is 0 Å². The molecule has 0 saturated carbocycles. The largest absolute Gasteiger partial charge is 0.376 e. The Kier molecular flexibility index (Phi) is 5.92. The predicted molar refractivity (Wildman–Crippen MR) is 225 cm³/mol. The average Bonchev–Trinajstić information content (AvgIpc) is 3.52. The number of hydrogen-bond donors (Lipinski definition) is 0. The third kappa shape index (κ3) is 3.76. The van der Waals surface area contributed by atoms with E-state index >= 15 is 0 Å². The van der Waals surface area contributed by atoms with Crippen LogP contribution in [-0.2, 0) is 16.2 Å². The zero-order valence-electron chi connectivity index (χ0n) is 31.2. The van der Waals surface area contributed by atoms with Gasteiger partial charge in [-0.25, -0.2) is 0 Å². The van der Waals surface area contributed by atoms with Gasteiger partial charge in [0.2, 0.25) is 0 Å². The summed E-state index contributed by atoms with van der Waals surface area (Å²) in [4.78, 5) is 5.45. The van der Waals surface area contributed by atoms with Gasteiger partial charge >= 0.3 is 6.85 Å². The third-order valence-electron chi connectivity index (χ3n) is 13.4. The lowest BCUT2D eigenvalue weighted by atomic mass is 9.42. The highest BCUT2D eigenvalue weighted by Crippen LogP contribution is 2.58. The summed E-state index contributed by atoms with van der Waals surface area (Å²) in [7, 11) is 0. The van der Waals surface area contributed by atoms with Crippen molar-refractivity contribution in [2.45, 2.75) is 77.6 Å². The van der Waals surface area contributed by atoms with Crippen LogP contribution in [-0.4, -0.2) is 6.85 Å². The van der Waals surface area contributed by atoms with Crippen LogP contribution in [0, 0.1) is 6.92 Å². The normalized spacial score (nSPS) is 18.1. The van der Waals surface area contributed by atoms with Gasteiger partial charge in [-0.2, -0.15) is 0 Å². The molecule has 0 atom stereocenters. The van der Waals surface area contributed by atoms with Gasteiger partial charge in [0.25, 0.3) is 0 Å². The zero-order valence-corrected chi connectivity index (χ0v) is 32.0. The zero-order chi connectivity index (χ0) is 35.5. The van der Waals surface area contributed by atoms with Crippen LogP contribution >= 0.6 is 11.3 Å². The van der Waals surface area contributed by atoms with Crippen LogP contribution in [0.15, 0.2) is 109 Å². The topological polar surface area (TPSA) is 6.48 Å². The summed E-state index contributed by atoms with van der Waals surface area (Å²) in [5.41, 5.74) is 18.2. The molecule has 1 aromatic heterocycles. The molecular formula is C48H43BN2S. The average molecular weight is 691 g/mol. The van der Waals surface area contributed by atoms with Crippen molar-refractivity contribution >= 4 is 77.7 Å². The molecule has 0 saturated heterocycles. The Morgan fingerprint density at radius 2 is 1.25 bits per heavy atom. The fourth-order valence-electron chi connectivity index (χ4n) is 10.5. The molecule has 2 nitrogen and oxygen atoms in total. The third-order valence-corrected chi connectivity index (χ3v) is 14.6. The first kappa shape index (κ1) is 30.8. The van der Waals surface area contributed by atoms with E-state index in [0.717, 1.165) is 0 Å². The highest BCUT2D eigenvalue weighted by atomic mass is 32.1. The molecule has 1 aliphatic carbocycles. The maximum Gasteiger partial charge on any atom is 0.334 e.